The van der Waals surface area contributed by atoms with Crippen LogP contribution in [-0.2, 0) is 91.1 Å². The molecule has 45 nitrogen and oxygen atoms in total. The Kier molecular flexibility index (Phi) is 68.3. The van der Waals surface area contributed by atoms with Crippen molar-refractivity contribution in [3.05, 3.63) is 0 Å². The molecule has 0 aliphatic heterocycles. The third kappa shape index (κ3) is 59.4. The van der Waals surface area contributed by atoms with Crippen molar-refractivity contribution in [2.24, 2.45) is 99.1 Å². The quantitative estimate of drug-likeness (QED) is 0.0142. The molecule has 45 heteroatoms. The van der Waals surface area contributed by atoms with E-state index in [0.29, 0.717) is 90.1 Å². The standard InChI is InChI=1S/C96H182N26O19/c1-55(2)46-63(102)82(127)108-65(31-20-25-41-98)84(129)113-70(37-39-79(104)124)89(134)118-77(53-62(15)16)96(141)120-73(49-58(7)8)92(137)112-68(34-23-28-44-101)87(132)117-76(52-61(13)14)95(140)121-74(50-59(9)10)93(138)114-69(36-38-78(103)123)88(133)110-66(32-21-26-42-99)85(130)116-75(51-60(11)12)94(139)119-72(48-57(5)6)91(136)111-67(33-22-27-43-100)86(131)115-71(47-56(3)4)90(135)109-64(30-19-24-40-97)83(128)107-54-81(126)106-45-29-17-18-35-80(125)122-105/h55-77H,17-54,97-102,105H2,1-16H3,(H2,103,123)(H2,104,124)(H,106,126)(H,107,128)(H,108,127)(H,109,135)(H,110,133)(H,111,136)(H,112,137)(H,113,129)(H,114,138)(H,115,131)(H,116,130)(H,117,132)(H,118,134)(H,119,139)(H,120,141)(H,121,140)(H,122,125)/t63-,64-,65-,66-,67-,68-,69-,70-,71-,72-,73-,74-,75-,76-,77-/m0/s1. The van der Waals surface area contributed by atoms with Gasteiger partial charge >= 0.3 is 0 Å². The van der Waals surface area contributed by atoms with E-state index in [9.17, 15) is 91.1 Å². The molecule has 0 heterocycles. The number of hydrogen-bond donors (Lipinski definition) is 26. The third-order valence-electron chi connectivity index (χ3n) is 23.0. The number of carbonyl (C=O) groups is 19. The van der Waals surface area contributed by atoms with Crippen LogP contribution in [0.2, 0.25) is 0 Å². The van der Waals surface area contributed by atoms with Crippen LogP contribution in [0, 0.1) is 47.3 Å². The molecule has 0 aromatic rings. The van der Waals surface area contributed by atoms with Gasteiger partial charge in [0.25, 0.3) is 0 Å². The van der Waals surface area contributed by atoms with Gasteiger partial charge in [0, 0.05) is 25.8 Å². The number of amides is 19. The average molecular weight is 2000 g/mol. The minimum Gasteiger partial charge on any atom is -0.370 e. The van der Waals surface area contributed by atoms with E-state index < -0.39 is 216 Å². The second kappa shape index (κ2) is 73.7. The lowest BCUT2D eigenvalue weighted by molar-refractivity contribution is -0.137. The fourth-order valence-corrected chi connectivity index (χ4v) is 15.5. The second-order valence-corrected chi connectivity index (χ2v) is 40.4. The van der Waals surface area contributed by atoms with Crippen molar-refractivity contribution in [2.45, 2.75) is 400 Å². The molecule has 35 N–H and O–H groups in total. The zero-order valence-corrected chi connectivity index (χ0v) is 87.1. The minimum atomic E-state index is -1.62. The average Bonchev–Trinajstić information content (AvgIpc) is 0.850. The highest BCUT2D eigenvalue weighted by Gasteiger charge is 2.40. The van der Waals surface area contributed by atoms with Crippen molar-refractivity contribution in [3.63, 3.8) is 0 Å². The number of unbranched alkanes of at least 4 members (excludes halogenated alkanes) is 7. The van der Waals surface area contributed by atoms with E-state index in [4.69, 9.17) is 51.7 Å². The van der Waals surface area contributed by atoms with Crippen LogP contribution in [0.5, 0.6) is 0 Å². The van der Waals surface area contributed by atoms with E-state index in [1.807, 2.05) is 27.7 Å². The van der Waals surface area contributed by atoms with Gasteiger partial charge in [-0.1, -0.05) is 117 Å². The van der Waals surface area contributed by atoms with E-state index >= 15 is 0 Å². The van der Waals surface area contributed by atoms with Gasteiger partial charge in [0.05, 0.1) is 12.6 Å². The summed E-state index contributed by atoms with van der Waals surface area (Å²) in [6.45, 7) is 29.8. The number of rotatable bonds is 79. The van der Waals surface area contributed by atoms with Crippen molar-refractivity contribution in [2.75, 3.05) is 45.8 Å². The summed E-state index contributed by atoms with van der Waals surface area (Å²) in [5.41, 5.74) is 48.7. The Balaban J connectivity index is 7.45. The molecule has 0 bridgehead atoms. The van der Waals surface area contributed by atoms with Crippen LogP contribution < -0.4 is 142 Å². The summed E-state index contributed by atoms with van der Waals surface area (Å²) in [4.78, 5) is 267. The van der Waals surface area contributed by atoms with Gasteiger partial charge in [-0.05, 0) is 253 Å². The maximum absolute atomic E-state index is 14.9. The molecular formula is C96H182N26O19. The summed E-state index contributed by atoms with van der Waals surface area (Å²) in [5, 5.41) is 43.7. The zero-order valence-electron chi connectivity index (χ0n) is 87.1. The highest BCUT2D eigenvalue weighted by atomic mass is 16.2. The summed E-state index contributed by atoms with van der Waals surface area (Å²) in [7, 11) is 0. The maximum Gasteiger partial charge on any atom is 0.243 e. The SMILES string of the molecule is CC(C)C[C@H](NC(=O)[C@H](CCCCN)NC(=O)[C@H](CC(C)C)NC(=O)[C@H](CC(C)C)NC(=O)[C@H](CCCCN)NC(=O)[C@H](CCC(N)=O)NC(=O)[C@H](CC(C)C)NC(=O)[C@H](CC(C)C)NC(=O)[C@H](CCCCN)NC(=O)[C@H](CC(C)C)NC(=O)[C@H](CC(C)C)NC(=O)[C@H](CCC(N)=O)NC(=O)[C@H](CCCCN)NC(=O)[C@@H](N)CC(C)C)C(=O)N[C@@H](CCCCN)C(=O)NCC(=O)NCCCCCC(=O)NN. The second-order valence-electron chi connectivity index (χ2n) is 40.4. The lowest BCUT2D eigenvalue weighted by atomic mass is 9.98. The number of hydrogen-bond acceptors (Lipinski definition) is 26. The van der Waals surface area contributed by atoms with Gasteiger partial charge in [0.2, 0.25) is 112 Å². The van der Waals surface area contributed by atoms with Crippen molar-refractivity contribution in [1.82, 2.24) is 90.5 Å². The molecule has 0 aromatic heterocycles. The number of nitrogens with one attached hydrogen (secondary N) is 17. The molecule has 0 radical (unpaired) electrons. The number of carbonyl (C=O) groups excluding carboxylic acids is 19. The van der Waals surface area contributed by atoms with Crippen LogP contribution in [0.15, 0.2) is 0 Å². The Labute approximate surface area is 835 Å². The first-order valence-electron chi connectivity index (χ1n) is 51.0. The Bertz CT molecular complexity index is 3840. The van der Waals surface area contributed by atoms with Crippen LogP contribution in [0.4, 0.5) is 0 Å². The van der Waals surface area contributed by atoms with Crippen LogP contribution in [-0.4, -0.2) is 249 Å². The predicted octanol–water partition coefficient (Wildman–Crippen LogP) is -1.57. The molecule has 0 spiro atoms. The van der Waals surface area contributed by atoms with Crippen LogP contribution >= 0.6 is 0 Å². The molecule has 0 unspecified atom stereocenters. The van der Waals surface area contributed by atoms with E-state index in [2.05, 4.69) is 90.5 Å². The number of hydrazine groups is 1. The van der Waals surface area contributed by atoms with Crippen molar-refractivity contribution >= 4 is 112 Å². The maximum atomic E-state index is 14.9. The molecule has 0 aromatic carbocycles. The summed E-state index contributed by atoms with van der Waals surface area (Å²) in [6, 6.07) is -20.0. The van der Waals surface area contributed by atoms with Crippen molar-refractivity contribution < 1.29 is 91.1 Å². The first-order chi connectivity index (χ1) is 66.4. The molecular weight excluding hydrogens is 1820 g/mol. The Hall–Kier alpha value is -10.3. The third-order valence-corrected chi connectivity index (χ3v) is 23.0. The molecule has 810 valence electrons. The summed E-state index contributed by atoms with van der Waals surface area (Å²) < 4.78 is 0. The van der Waals surface area contributed by atoms with Gasteiger partial charge in [0.1, 0.15) is 84.6 Å². The highest BCUT2D eigenvalue weighted by molar-refractivity contribution is 6.01. The van der Waals surface area contributed by atoms with Crippen molar-refractivity contribution in [3.8, 4) is 0 Å². The van der Waals surface area contributed by atoms with E-state index in [1.165, 1.54) is 0 Å². The fraction of sp³-hybridized carbons (Fsp3) is 0.802. The van der Waals surface area contributed by atoms with Gasteiger partial charge in [-0.25, -0.2) is 5.84 Å². The highest BCUT2D eigenvalue weighted by Crippen LogP contribution is 2.20. The first kappa shape index (κ1) is 131. The molecule has 0 aliphatic carbocycles. The van der Waals surface area contributed by atoms with Crippen LogP contribution in [0.25, 0.3) is 0 Å². The molecule has 0 rings (SSSR count). The van der Waals surface area contributed by atoms with Gasteiger partial charge in [0.15, 0.2) is 0 Å². The van der Waals surface area contributed by atoms with E-state index in [1.54, 1.807) is 83.1 Å². The molecule has 15 atom stereocenters. The minimum absolute atomic E-state index is 0.00531. The Morgan fingerprint density at radius 2 is 0.404 bits per heavy atom. The molecule has 0 aliphatic rings. The molecule has 0 fully saturated rings. The van der Waals surface area contributed by atoms with Gasteiger partial charge in [-0.15, -0.1) is 0 Å². The largest absolute Gasteiger partial charge is 0.370 e. The van der Waals surface area contributed by atoms with Gasteiger partial charge in [-0.2, -0.15) is 0 Å². The van der Waals surface area contributed by atoms with E-state index in [-0.39, 0.29) is 189 Å². The Morgan fingerprint density at radius 3 is 0.610 bits per heavy atom. The fourth-order valence-electron chi connectivity index (χ4n) is 15.5. The summed E-state index contributed by atoms with van der Waals surface area (Å²) in [5.74, 6) is -11.3. The van der Waals surface area contributed by atoms with Crippen LogP contribution in [0.1, 0.15) is 310 Å². The molecule has 141 heavy (non-hydrogen) atoms. The topological polar surface area (TPSA) is 763 Å². The monoisotopic (exact) mass is 2000 g/mol. The zero-order chi connectivity index (χ0) is 107. The smallest absolute Gasteiger partial charge is 0.243 e. The lowest BCUT2D eigenvalue weighted by Crippen LogP contribution is -2.61. The predicted molar refractivity (Wildman–Crippen MR) is 539 cm³/mol. The number of nitrogens with two attached hydrogens (primary N) is 9. The Morgan fingerprint density at radius 1 is 0.206 bits per heavy atom. The number of primary amides is 2. The molecule has 0 saturated carbocycles. The van der Waals surface area contributed by atoms with Crippen molar-refractivity contribution in [1.29, 1.82) is 0 Å². The summed E-state index contributed by atoms with van der Waals surface area (Å²) in [6.07, 6.45) is 4.81. The van der Waals surface area contributed by atoms with Gasteiger partial charge < -0.3 is 131 Å². The lowest BCUT2D eigenvalue weighted by Gasteiger charge is -2.30. The molecule has 0 saturated heterocycles. The van der Waals surface area contributed by atoms with E-state index in [0.717, 1.165) is 0 Å². The molecule has 19 amide bonds. The van der Waals surface area contributed by atoms with Gasteiger partial charge in [-0.3, -0.25) is 96.5 Å². The first-order valence-corrected chi connectivity index (χ1v) is 51.0. The van der Waals surface area contributed by atoms with Crippen LogP contribution in [0.3, 0.4) is 0 Å². The normalized spacial score (nSPS) is 14.7. The summed E-state index contributed by atoms with van der Waals surface area (Å²) >= 11 is 0.